The van der Waals surface area contributed by atoms with Gasteiger partial charge in [0.25, 0.3) is 0 Å². The molecular weight excluding hydrogens is 184 g/mol. The SMILES string of the molecule is Cc1nsc(NCCCN(C)C)n1. The molecule has 0 unspecified atom stereocenters. The number of hydrogen-bond acceptors (Lipinski definition) is 5. The van der Waals surface area contributed by atoms with E-state index in [1.165, 1.54) is 11.5 Å². The van der Waals surface area contributed by atoms with E-state index in [4.69, 9.17) is 0 Å². The molecule has 1 rings (SSSR count). The fourth-order valence-electron chi connectivity index (χ4n) is 0.959. The van der Waals surface area contributed by atoms with Crippen molar-refractivity contribution in [1.29, 1.82) is 0 Å². The molecule has 0 fully saturated rings. The second-order valence-electron chi connectivity index (χ2n) is 3.23. The van der Waals surface area contributed by atoms with Crippen molar-refractivity contribution in [2.24, 2.45) is 0 Å². The molecule has 0 aliphatic heterocycles. The van der Waals surface area contributed by atoms with E-state index in [0.717, 1.165) is 30.5 Å². The number of nitrogens with zero attached hydrogens (tertiary/aromatic N) is 3. The summed E-state index contributed by atoms with van der Waals surface area (Å²) in [7, 11) is 4.16. The van der Waals surface area contributed by atoms with E-state index in [9.17, 15) is 0 Å². The van der Waals surface area contributed by atoms with Gasteiger partial charge in [-0.25, -0.2) is 4.98 Å². The molecule has 74 valence electrons. The molecule has 0 radical (unpaired) electrons. The first-order valence-corrected chi connectivity index (χ1v) is 5.15. The summed E-state index contributed by atoms with van der Waals surface area (Å²) >= 11 is 1.42. The van der Waals surface area contributed by atoms with Gasteiger partial charge in [-0.15, -0.1) is 0 Å². The van der Waals surface area contributed by atoms with E-state index in [1.807, 2.05) is 6.92 Å². The third-order valence-corrected chi connectivity index (χ3v) is 2.35. The van der Waals surface area contributed by atoms with Crippen molar-refractivity contribution in [2.75, 3.05) is 32.5 Å². The van der Waals surface area contributed by atoms with E-state index in [-0.39, 0.29) is 0 Å². The quantitative estimate of drug-likeness (QED) is 0.725. The van der Waals surface area contributed by atoms with Crippen LogP contribution in [0.15, 0.2) is 0 Å². The Kier molecular flexibility index (Phi) is 4.11. The van der Waals surface area contributed by atoms with Gasteiger partial charge in [-0.05, 0) is 34.0 Å². The van der Waals surface area contributed by atoms with Crippen LogP contribution in [-0.4, -0.2) is 41.4 Å². The molecule has 0 bridgehead atoms. The maximum atomic E-state index is 4.21. The van der Waals surface area contributed by atoms with Crippen LogP contribution in [0.5, 0.6) is 0 Å². The summed E-state index contributed by atoms with van der Waals surface area (Å²) < 4.78 is 4.09. The van der Waals surface area contributed by atoms with Crippen LogP contribution in [0.1, 0.15) is 12.2 Å². The minimum atomic E-state index is 0.847. The zero-order valence-electron chi connectivity index (χ0n) is 8.37. The van der Waals surface area contributed by atoms with E-state index in [2.05, 4.69) is 33.7 Å². The number of aromatic nitrogens is 2. The first-order chi connectivity index (χ1) is 6.18. The third-order valence-electron chi connectivity index (χ3n) is 1.59. The highest BCUT2D eigenvalue weighted by molar-refractivity contribution is 7.09. The molecule has 1 N–H and O–H groups in total. The van der Waals surface area contributed by atoms with Crippen LogP contribution in [0.3, 0.4) is 0 Å². The molecule has 0 aliphatic rings. The molecular formula is C8H16N4S. The van der Waals surface area contributed by atoms with Crippen LogP contribution in [0.25, 0.3) is 0 Å². The van der Waals surface area contributed by atoms with Gasteiger partial charge in [0, 0.05) is 18.1 Å². The van der Waals surface area contributed by atoms with Crippen LogP contribution < -0.4 is 5.32 Å². The second kappa shape index (κ2) is 5.14. The topological polar surface area (TPSA) is 41.1 Å². The molecule has 1 aromatic rings. The highest BCUT2D eigenvalue weighted by Crippen LogP contribution is 2.09. The molecule has 0 atom stereocenters. The summed E-state index contributed by atoms with van der Waals surface area (Å²) in [5.41, 5.74) is 0. The van der Waals surface area contributed by atoms with Crippen molar-refractivity contribution in [3.05, 3.63) is 5.82 Å². The molecule has 0 saturated carbocycles. The van der Waals surface area contributed by atoms with Crippen LogP contribution in [0, 0.1) is 6.92 Å². The largest absolute Gasteiger partial charge is 0.360 e. The maximum Gasteiger partial charge on any atom is 0.202 e. The number of anilines is 1. The number of hydrogen-bond donors (Lipinski definition) is 1. The van der Waals surface area contributed by atoms with Gasteiger partial charge in [-0.2, -0.15) is 4.37 Å². The Hall–Kier alpha value is -0.680. The lowest BCUT2D eigenvalue weighted by Gasteiger charge is -2.08. The summed E-state index contributed by atoms with van der Waals surface area (Å²) in [6, 6.07) is 0. The molecule has 13 heavy (non-hydrogen) atoms. The maximum absolute atomic E-state index is 4.21. The lowest BCUT2D eigenvalue weighted by Crippen LogP contribution is -2.16. The standard InChI is InChI=1S/C8H16N4S/c1-7-10-8(13-11-7)9-5-4-6-12(2)3/h4-6H2,1-3H3,(H,9,10,11). The van der Waals surface area contributed by atoms with E-state index in [0.29, 0.717) is 0 Å². The summed E-state index contributed by atoms with van der Waals surface area (Å²) in [4.78, 5) is 6.38. The van der Waals surface area contributed by atoms with Gasteiger partial charge in [0.1, 0.15) is 5.82 Å². The highest BCUT2D eigenvalue weighted by Gasteiger charge is 1.97. The Morgan fingerprint density at radius 1 is 1.46 bits per heavy atom. The van der Waals surface area contributed by atoms with Crippen molar-refractivity contribution >= 4 is 16.7 Å². The van der Waals surface area contributed by atoms with Gasteiger partial charge >= 0.3 is 0 Å². The van der Waals surface area contributed by atoms with Crippen LogP contribution in [0.2, 0.25) is 0 Å². The van der Waals surface area contributed by atoms with Gasteiger partial charge in [-0.1, -0.05) is 0 Å². The van der Waals surface area contributed by atoms with E-state index < -0.39 is 0 Å². The van der Waals surface area contributed by atoms with E-state index in [1.54, 1.807) is 0 Å². The first kappa shape index (κ1) is 10.4. The summed E-state index contributed by atoms with van der Waals surface area (Å²) in [6.45, 7) is 3.97. The fourth-order valence-corrected chi connectivity index (χ4v) is 1.56. The van der Waals surface area contributed by atoms with Crippen molar-refractivity contribution in [3.63, 3.8) is 0 Å². The number of rotatable bonds is 5. The van der Waals surface area contributed by atoms with Crippen molar-refractivity contribution in [1.82, 2.24) is 14.3 Å². The van der Waals surface area contributed by atoms with E-state index >= 15 is 0 Å². The fraction of sp³-hybridized carbons (Fsp3) is 0.750. The minimum Gasteiger partial charge on any atom is -0.360 e. The average Bonchev–Trinajstić information content (AvgIpc) is 2.45. The van der Waals surface area contributed by atoms with Crippen molar-refractivity contribution in [3.8, 4) is 0 Å². The molecule has 5 heteroatoms. The van der Waals surface area contributed by atoms with Gasteiger partial charge in [-0.3, -0.25) is 0 Å². The molecule has 0 saturated heterocycles. The Bertz CT molecular complexity index is 246. The molecule has 0 amide bonds. The number of aryl methyl sites for hydroxylation is 1. The summed E-state index contributed by atoms with van der Waals surface area (Å²) in [5, 5.41) is 4.17. The normalized spacial score (nSPS) is 10.8. The predicted octanol–water partition coefficient (Wildman–Crippen LogP) is 1.21. The zero-order valence-corrected chi connectivity index (χ0v) is 9.19. The van der Waals surface area contributed by atoms with Gasteiger partial charge in [0.2, 0.25) is 5.13 Å². The lowest BCUT2D eigenvalue weighted by atomic mass is 10.4. The highest BCUT2D eigenvalue weighted by atomic mass is 32.1. The van der Waals surface area contributed by atoms with Crippen LogP contribution >= 0.6 is 11.5 Å². The third kappa shape index (κ3) is 4.19. The molecule has 1 aromatic heterocycles. The summed E-state index contributed by atoms with van der Waals surface area (Å²) in [6.07, 6.45) is 1.13. The second-order valence-corrected chi connectivity index (χ2v) is 3.98. The smallest absolute Gasteiger partial charge is 0.202 e. The van der Waals surface area contributed by atoms with Crippen molar-refractivity contribution in [2.45, 2.75) is 13.3 Å². The number of nitrogens with one attached hydrogen (secondary N) is 1. The van der Waals surface area contributed by atoms with Gasteiger partial charge in [0.05, 0.1) is 0 Å². The average molecular weight is 200 g/mol. The van der Waals surface area contributed by atoms with Crippen LogP contribution in [0.4, 0.5) is 5.13 Å². The minimum absolute atomic E-state index is 0.847. The van der Waals surface area contributed by atoms with Gasteiger partial charge < -0.3 is 10.2 Å². The first-order valence-electron chi connectivity index (χ1n) is 4.37. The van der Waals surface area contributed by atoms with Crippen LogP contribution in [-0.2, 0) is 0 Å². The Labute approximate surface area is 83.2 Å². The lowest BCUT2D eigenvalue weighted by molar-refractivity contribution is 0.405. The van der Waals surface area contributed by atoms with Gasteiger partial charge in [0.15, 0.2) is 0 Å². The Morgan fingerprint density at radius 2 is 2.23 bits per heavy atom. The Balaban J connectivity index is 2.13. The molecule has 0 aromatic carbocycles. The molecule has 4 nitrogen and oxygen atoms in total. The predicted molar refractivity (Wildman–Crippen MR) is 56.3 cm³/mol. The molecule has 1 heterocycles. The molecule has 0 aliphatic carbocycles. The van der Waals surface area contributed by atoms with Crippen molar-refractivity contribution < 1.29 is 0 Å². The zero-order chi connectivity index (χ0) is 9.68. The molecule has 0 spiro atoms. The monoisotopic (exact) mass is 200 g/mol. The Morgan fingerprint density at radius 3 is 2.77 bits per heavy atom. The summed E-state index contributed by atoms with van der Waals surface area (Å²) in [5.74, 6) is 0.847.